The highest BCUT2D eigenvalue weighted by Gasteiger charge is 2.05. The largest absolute Gasteiger partial charge is 0.291 e. The number of unbranched alkanes of at least 4 members (excludes halogenated alkanes) is 2. The normalized spacial score (nSPS) is 11.4. The molecule has 1 nitrogen and oxygen atoms in total. The standard InChI is InChI=1S/C21H27N/c1-2-3-4-5-12-17-22(18-20-13-8-6-9-14-20)19-21-15-10-7-11-16-21/h5-16H,2-4,17-19H2,1H3/b12-5-. The van der Waals surface area contributed by atoms with Crippen molar-refractivity contribution in [3.8, 4) is 0 Å². The monoisotopic (exact) mass is 293 g/mol. The minimum absolute atomic E-state index is 0.994. The van der Waals surface area contributed by atoms with E-state index >= 15 is 0 Å². The Morgan fingerprint density at radius 3 is 1.82 bits per heavy atom. The van der Waals surface area contributed by atoms with Gasteiger partial charge in [-0.3, -0.25) is 4.90 Å². The third-order valence-electron chi connectivity index (χ3n) is 3.75. The van der Waals surface area contributed by atoms with Gasteiger partial charge in [0.1, 0.15) is 0 Å². The molecular weight excluding hydrogens is 266 g/mol. The molecule has 0 bridgehead atoms. The second kappa shape index (κ2) is 9.97. The van der Waals surface area contributed by atoms with E-state index in [1.54, 1.807) is 0 Å². The Morgan fingerprint density at radius 2 is 1.32 bits per heavy atom. The molecule has 1 heteroatoms. The Labute approximate surface area is 135 Å². The van der Waals surface area contributed by atoms with Crippen LogP contribution >= 0.6 is 0 Å². The van der Waals surface area contributed by atoms with E-state index in [0.29, 0.717) is 0 Å². The van der Waals surface area contributed by atoms with Gasteiger partial charge in [0.2, 0.25) is 0 Å². The van der Waals surface area contributed by atoms with Gasteiger partial charge in [-0.2, -0.15) is 0 Å². The predicted molar refractivity (Wildman–Crippen MR) is 95.7 cm³/mol. The fourth-order valence-electron chi connectivity index (χ4n) is 2.53. The summed E-state index contributed by atoms with van der Waals surface area (Å²) in [5, 5.41) is 0. The fourth-order valence-corrected chi connectivity index (χ4v) is 2.53. The van der Waals surface area contributed by atoms with E-state index in [1.165, 1.54) is 30.4 Å². The molecule has 2 aromatic rings. The highest BCUT2D eigenvalue weighted by Crippen LogP contribution is 2.10. The Morgan fingerprint density at radius 1 is 0.773 bits per heavy atom. The lowest BCUT2D eigenvalue weighted by atomic mass is 10.1. The second-order valence-corrected chi connectivity index (χ2v) is 5.75. The van der Waals surface area contributed by atoms with Gasteiger partial charge in [-0.1, -0.05) is 92.6 Å². The van der Waals surface area contributed by atoms with Crippen molar-refractivity contribution in [2.75, 3.05) is 6.54 Å². The van der Waals surface area contributed by atoms with Crippen molar-refractivity contribution in [2.45, 2.75) is 39.3 Å². The van der Waals surface area contributed by atoms with Crippen LogP contribution in [0.2, 0.25) is 0 Å². The van der Waals surface area contributed by atoms with Crippen molar-refractivity contribution in [3.05, 3.63) is 83.9 Å². The molecule has 0 amide bonds. The topological polar surface area (TPSA) is 3.24 Å². The van der Waals surface area contributed by atoms with Crippen LogP contribution in [0, 0.1) is 0 Å². The molecule has 22 heavy (non-hydrogen) atoms. The van der Waals surface area contributed by atoms with Crippen LogP contribution < -0.4 is 0 Å². The van der Waals surface area contributed by atoms with E-state index in [0.717, 1.165) is 19.6 Å². The van der Waals surface area contributed by atoms with Gasteiger partial charge in [0.25, 0.3) is 0 Å². The molecule has 0 saturated heterocycles. The third kappa shape index (κ3) is 6.28. The van der Waals surface area contributed by atoms with Crippen LogP contribution in [-0.2, 0) is 13.1 Å². The molecule has 0 saturated carbocycles. The second-order valence-electron chi connectivity index (χ2n) is 5.75. The summed E-state index contributed by atoms with van der Waals surface area (Å²) in [5.74, 6) is 0. The van der Waals surface area contributed by atoms with Gasteiger partial charge in [0.15, 0.2) is 0 Å². The SMILES string of the molecule is CCCC/C=C\CN(Cc1ccccc1)Cc1ccccc1. The average Bonchev–Trinajstić information content (AvgIpc) is 2.56. The van der Waals surface area contributed by atoms with E-state index in [1.807, 2.05) is 0 Å². The van der Waals surface area contributed by atoms with Gasteiger partial charge in [0, 0.05) is 19.6 Å². The van der Waals surface area contributed by atoms with E-state index in [4.69, 9.17) is 0 Å². The summed E-state index contributed by atoms with van der Waals surface area (Å²) in [5.41, 5.74) is 2.75. The van der Waals surface area contributed by atoms with Crippen LogP contribution in [0.1, 0.15) is 37.3 Å². The minimum atomic E-state index is 0.994. The Kier molecular flexibility index (Phi) is 7.48. The molecule has 116 valence electrons. The van der Waals surface area contributed by atoms with E-state index in [-0.39, 0.29) is 0 Å². The zero-order valence-electron chi connectivity index (χ0n) is 13.6. The predicted octanol–water partition coefficient (Wildman–Crippen LogP) is 5.44. The summed E-state index contributed by atoms with van der Waals surface area (Å²) in [7, 11) is 0. The van der Waals surface area contributed by atoms with Crippen molar-refractivity contribution in [1.29, 1.82) is 0 Å². The maximum absolute atomic E-state index is 2.49. The lowest BCUT2D eigenvalue weighted by Crippen LogP contribution is -2.22. The summed E-state index contributed by atoms with van der Waals surface area (Å²) < 4.78 is 0. The van der Waals surface area contributed by atoms with Gasteiger partial charge >= 0.3 is 0 Å². The van der Waals surface area contributed by atoms with Gasteiger partial charge in [-0.25, -0.2) is 0 Å². The van der Waals surface area contributed by atoms with Gasteiger partial charge in [-0.05, 0) is 17.5 Å². The van der Waals surface area contributed by atoms with Crippen LogP contribution in [0.4, 0.5) is 0 Å². The maximum Gasteiger partial charge on any atom is 0.0240 e. The molecule has 0 heterocycles. The number of hydrogen-bond donors (Lipinski definition) is 0. The maximum atomic E-state index is 2.49. The molecule has 0 aromatic heterocycles. The van der Waals surface area contributed by atoms with Crippen molar-refractivity contribution < 1.29 is 0 Å². The Bertz CT molecular complexity index is 489. The molecule has 2 aromatic carbocycles. The average molecular weight is 293 g/mol. The summed E-state index contributed by atoms with van der Waals surface area (Å²) >= 11 is 0. The van der Waals surface area contributed by atoms with Crippen molar-refractivity contribution in [1.82, 2.24) is 4.90 Å². The zero-order valence-corrected chi connectivity index (χ0v) is 13.6. The molecule has 0 aliphatic rings. The molecule has 0 N–H and O–H groups in total. The van der Waals surface area contributed by atoms with Crippen LogP contribution in [0.25, 0.3) is 0 Å². The number of nitrogens with zero attached hydrogens (tertiary/aromatic N) is 1. The lowest BCUT2D eigenvalue weighted by molar-refractivity contribution is 0.286. The first kappa shape index (κ1) is 16.5. The molecule has 0 unspecified atom stereocenters. The molecule has 0 aliphatic carbocycles. The van der Waals surface area contributed by atoms with E-state index in [2.05, 4.69) is 84.6 Å². The molecular formula is C21H27N. The van der Waals surface area contributed by atoms with Gasteiger partial charge in [0.05, 0.1) is 0 Å². The zero-order chi connectivity index (χ0) is 15.5. The van der Waals surface area contributed by atoms with Crippen molar-refractivity contribution in [2.24, 2.45) is 0 Å². The molecule has 0 spiro atoms. The first-order valence-corrected chi connectivity index (χ1v) is 8.33. The summed E-state index contributed by atoms with van der Waals surface area (Å²) in [6.07, 6.45) is 8.39. The number of allylic oxidation sites excluding steroid dienone is 1. The van der Waals surface area contributed by atoms with Crippen molar-refractivity contribution >= 4 is 0 Å². The Hall–Kier alpha value is -1.86. The van der Waals surface area contributed by atoms with Gasteiger partial charge < -0.3 is 0 Å². The number of hydrogen-bond acceptors (Lipinski definition) is 1. The lowest BCUT2D eigenvalue weighted by Gasteiger charge is -2.21. The van der Waals surface area contributed by atoms with Crippen LogP contribution in [0.3, 0.4) is 0 Å². The smallest absolute Gasteiger partial charge is 0.0240 e. The highest BCUT2D eigenvalue weighted by molar-refractivity contribution is 5.17. The summed E-state index contributed by atoms with van der Waals surface area (Å²) in [6.45, 7) is 5.24. The summed E-state index contributed by atoms with van der Waals surface area (Å²) in [6, 6.07) is 21.5. The fraction of sp³-hybridized carbons (Fsp3) is 0.333. The quantitative estimate of drug-likeness (QED) is 0.440. The molecule has 0 radical (unpaired) electrons. The molecule has 0 fully saturated rings. The highest BCUT2D eigenvalue weighted by atomic mass is 15.1. The molecule has 0 atom stereocenters. The number of rotatable bonds is 9. The van der Waals surface area contributed by atoms with Crippen LogP contribution in [-0.4, -0.2) is 11.4 Å². The first-order chi connectivity index (χ1) is 10.9. The molecule has 2 rings (SSSR count). The molecule has 0 aliphatic heterocycles. The van der Waals surface area contributed by atoms with Gasteiger partial charge in [-0.15, -0.1) is 0 Å². The van der Waals surface area contributed by atoms with Crippen LogP contribution in [0.15, 0.2) is 72.8 Å². The summed E-state index contributed by atoms with van der Waals surface area (Å²) in [4.78, 5) is 2.49. The number of benzene rings is 2. The van der Waals surface area contributed by atoms with E-state index in [9.17, 15) is 0 Å². The minimum Gasteiger partial charge on any atom is -0.291 e. The Balaban J connectivity index is 1.95. The van der Waals surface area contributed by atoms with Crippen molar-refractivity contribution in [3.63, 3.8) is 0 Å². The van der Waals surface area contributed by atoms with E-state index < -0.39 is 0 Å². The van der Waals surface area contributed by atoms with Crippen LogP contribution in [0.5, 0.6) is 0 Å². The first-order valence-electron chi connectivity index (χ1n) is 8.33. The third-order valence-corrected chi connectivity index (χ3v) is 3.75.